The molecule has 0 fully saturated rings. The first-order valence-electron chi connectivity index (χ1n) is 12.3. The van der Waals surface area contributed by atoms with Gasteiger partial charge in [-0.1, -0.05) is 87.4 Å². The van der Waals surface area contributed by atoms with Crippen molar-refractivity contribution in [1.82, 2.24) is 14.9 Å². The topological polar surface area (TPSA) is 56.2 Å². The second-order valence-corrected chi connectivity index (χ2v) is 8.43. The fourth-order valence-electron chi connectivity index (χ4n) is 3.94. The monoisotopic (exact) mass is 447 g/mol. The van der Waals surface area contributed by atoms with E-state index < -0.39 is 0 Å². The molecule has 33 heavy (non-hydrogen) atoms. The summed E-state index contributed by atoms with van der Waals surface area (Å²) in [5.41, 5.74) is 4.61. The number of amides is 1. The number of imidazole rings is 1. The zero-order valence-electron chi connectivity index (χ0n) is 20.2. The largest absolute Gasteiger partial charge is 0.447 e. The van der Waals surface area contributed by atoms with Crippen LogP contribution in [0.2, 0.25) is 0 Å². The Bertz CT molecular complexity index is 983. The van der Waals surface area contributed by atoms with E-state index in [1.54, 1.807) is 0 Å². The van der Waals surface area contributed by atoms with E-state index in [0.29, 0.717) is 6.54 Å². The normalized spacial score (nSPS) is 11.8. The number of ether oxygens (including phenoxy) is 1. The Balaban J connectivity index is 1.62. The summed E-state index contributed by atoms with van der Waals surface area (Å²) in [6.07, 6.45) is 5.61. The number of carbonyl (C=O) groups is 1. The summed E-state index contributed by atoms with van der Waals surface area (Å²) in [5.74, 6) is 1.13. The van der Waals surface area contributed by atoms with Crippen molar-refractivity contribution in [2.45, 2.75) is 71.9 Å². The quantitative estimate of drug-likeness (QED) is 0.308. The molecular weight excluding hydrogens is 410 g/mol. The Morgan fingerprint density at radius 3 is 2.21 bits per heavy atom. The van der Waals surface area contributed by atoms with Crippen LogP contribution in [-0.4, -0.2) is 28.3 Å². The molecule has 0 aliphatic rings. The number of benzene rings is 2. The summed E-state index contributed by atoms with van der Waals surface area (Å²) in [5, 5.41) is 2.85. The van der Waals surface area contributed by atoms with Crippen LogP contribution in [0.4, 0.5) is 4.79 Å². The maximum absolute atomic E-state index is 11.7. The maximum Gasteiger partial charge on any atom is 0.407 e. The molecule has 0 bridgehead atoms. The number of nitrogens with one attached hydrogen (secondary N) is 1. The summed E-state index contributed by atoms with van der Waals surface area (Å²) in [4.78, 5) is 16.8. The van der Waals surface area contributed by atoms with Gasteiger partial charge in [0.15, 0.2) is 0 Å². The van der Waals surface area contributed by atoms with Crippen LogP contribution in [0, 0.1) is 0 Å². The lowest BCUT2D eigenvalue weighted by atomic mass is 10.0. The highest BCUT2D eigenvalue weighted by Crippen LogP contribution is 2.33. The van der Waals surface area contributed by atoms with Crippen LogP contribution >= 0.6 is 0 Å². The average molecular weight is 448 g/mol. The van der Waals surface area contributed by atoms with Crippen molar-refractivity contribution in [1.29, 1.82) is 0 Å². The van der Waals surface area contributed by atoms with Crippen molar-refractivity contribution in [3.05, 3.63) is 66.5 Å². The Kier molecular flexibility index (Phi) is 9.55. The molecule has 3 aromatic rings. The van der Waals surface area contributed by atoms with Crippen LogP contribution in [0.5, 0.6) is 0 Å². The van der Waals surface area contributed by atoms with Crippen LogP contribution in [0.1, 0.15) is 58.7 Å². The van der Waals surface area contributed by atoms with Gasteiger partial charge >= 0.3 is 6.09 Å². The number of aromatic nitrogens is 2. The molecule has 3 rings (SSSR count). The van der Waals surface area contributed by atoms with Crippen LogP contribution in [0.15, 0.2) is 60.7 Å². The number of alkyl carbamates (subject to hydrolysis) is 1. The zero-order valence-corrected chi connectivity index (χ0v) is 20.2. The lowest BCUT2D eigenvalue weighted by Crippen LogP contribution is -2.28. The van der Waals surface area contributed by atoms with E-state index in [9.17, 15) is 4.79 Å². The molecule has 0 spiro atoms. The van der Waals surface area contributed by atoms with Gasteiger partial charge in [-0.15, -0.1) is 0 Å². The van der Waals surface area contributed by atoms with Crippen LogP contribution in [0.25, 0.3) is 22.5 Å². The molecule has 0 saturated carbocycles. The number of aryl methyl sites for hydroxylation is 1. The third-order valence-corrected chi connectivity index (χ3v) is 5.92. The van der Waals surface area contributed by atoms with E-state index in [2.05, 4.69) is 71.4 Å². The van der Waals surface area contributed by atoms with Crippen LogP contribution in [0.3, 0.4) is 0 Å². The van der Waals surface area contributed by atoms with Gasteiger partial charge in [0.25, 0.3) is 0 Å². The molecule has 1 aromatic heterocycles. The van der Waals surface area contributed by atoms with Crippen molar-refractivity contribution >= 4 is 6.09 Å². The molecule has 5 nitrogen and oxygen atoms in total. The smallest absolute Gasteiger partial charge is 0.407 e. The Labute approximate surface area is 198 Å². The van der Waals surface area contributed by atoms with Gasteiger partial charge in [0.05, 0.1) is 11.4 Å². The van der Waals surface area contributed by atoms with E-state index in [1.807, 2.05) is 19.9 Å². The third-order valence-electron chi connectivity index (χ3n) is 5.92. The summed E-state index contributed by atoms with van der Waals surface area (Å²) < 4.78 is 7.65. The number of unbranched alkanes of at least 4 members (excludes halogenated alkanes) is 3. The van der Waals surface area contributed by atoms with Gasteiger partial charge in [0, 0.05) is 30.6 Å². The first-order valence-corrected chi connectivity index (χ1v) is 12.3. The second-order valence-electron chi connectivity index (χ2n) is 8.43. The molecule has 5 heteroatoms. The Morgan fingerprint density at radius 2 is 1.58 bits per heavy atom. The van der Waals surface area contributed by atoms with Crippen LogP contribution < -0.4 is 5.32 Å². The summed E-state index contributed by atoms with van der Waals surface area (Å²) in [6, 6.07) is 21.0. The minimum Gasteiger partial charge on any atom is -0.447 e. The van der Waals surface area contributed by atoms with E-state index >= 15 is 0 Å². The lowest BCUT2D eigenvalue weighted by Gasteiger charge is -2.13. The van der Waals surface area contributed by atoms with Crippen molar-refractivity contribution in [3.63, 3.8) is 0 Å². The fourth-order valence-corrected chi connectivity index (χ4v) is 3.94. The molecule has 1 unspecified atom stereocenters. The molecule has 176 valence electrons. The SMILES string of the molecule is CCc1nc(-c2ccccc2)c(-c2ccccc2)n1CCCCCCNC(=O)OC(C)CC. The van der Waals surface area contributed by atoms with Gasteiger partial charge in [0.2, 0.25) is 0 Å². The number of hydrogen-bond donors (Lipinski definition) is 1. The van der Waals surface area contributed by atoms with Crippen molar-refractivity contribution in [2.24, 2.45) is 0 Å². The predicted octanol–water partition coefficient (Wildman–Crippen LogP) is 6.86. The van der Waals surface area contributed by atoms with Gasteiger partial charge in [-0.05, 0) is 26.2 Å². The minimum atomic E-state index is -0.309. The average Bonchev–Trinajstić information content (AvgIpc) is 3.23. The fraction of sp³-hybridized carbons (Fsp3) is 0.429. The Hall–Kier alpha value is -3.08. The standard InChI is InChI=1S/C28H37N3O2/c1-4-22(3)33-28(32)29-20-14-6-7-15-21-31-25(5-2)30-26(23-16-10-8-11-17-23)27(31)24-18-12-9-13-19-24/h8-13,16-19,22H,4-7,14-15,20-21H2,1-3H3,(H,29,32). The number of hydrogen-bond acceptors (Lipinski definition) is 3. The molecule has 1 heterocycles. The van der Waals surface area contributed by atoms with E-state index in [4.69, 9.17) is 9.72 Å². The molecule has 1 N–H and O–H groups in total. The highest BCUT2D eigenvalue weighted by atomic mass is 16.6. The van der Waals surface area contributed by atoms with E-state index in [0.717, 1.165) is 62.2 Å². The van der Waals surface area contributed by atoms with Gasteiger partial charge < -0.3 is 14.6 Å². The zero-order chi connectivity index (χ0) is 23.5. The van der Waals surface area contributed by atoms with Crippen molar-refractivity contribution < 1.29 is 9.53 Å². The minimum absolute atomic E-state index is 0.0347. The maximum atomic E-state index is 11.7. The highest BCUT2D eigenvalue weighted by molar-refractivity contribution is 5.79. The molecule has 1 atom stereocenters. The summed E-state index contributed by atoms with van der Waals surface area (Å²) in [6.45, 7) is 7.69. The van der Waals surface area contributed by atoms with Gasteiger partial charge in [0.1, 0.15) is 11.9 Å². The second kappa shape index (κ2) is 12.8. The molecule has 0 aliphatic heterocycles. The van der Waals surface area contributed by atoms with E-state index in [1.165, 1.54) is 11.3 Å². The summed E-state index contributed by atoms with van der Waals surface area (Å²) in [7, 11) is 0. The molecule has 0 aliphatic carbocycles. The van der Waals surface area contributed by atoms with Gasteiger partial charge in [-0.2, -0.15) is 0 Å². The molecule has 0 saturated heterocycles. The first-order chi connectivity index (χ1) is 16.1. The van der Waals surface area contributed by atoms with Crippen molar-refractivity contribution in [2.75, 3.05) is 6.54 Å². The third kappa shape index (κ3) is 6.95. The van der Waals surface area contributed by atoms with E-state index in [-0.39, 0.29) is 12.2 Å². The van der Waals surface area contributed by atoms with Gasteiger partial charge in [-0.3, -0.25) is 0 Å². The lowest BCUT2D eigenvalue weighted by molar-refractivity contribution is 0.105. The number of carbonyl (C=O) groups excluding carboxylic acids is 1. The first kappa shape index (κ1) is 24.6. The summed E-state index contributed by atoms with van der Waals surface area (Å²) >= 11 is 0. The van der Waals surface area contributed by atoms with Crippen molar-refractivity contribution in [3.8, 4) is 22.5 Å². The number of rotatable bonds is 12. The molecule has 0 radical (unpaired) electrons. The highest BCUT2D eigenvalue weighted by Gasteiger charge is 2.18. The number of nitrogens with zero attached hydrogens (tertiary/aromatic N) is 2. The predicted molar refractivity (Wildman–Crippen MR) is 135 cm³/mol. The molecular formula is C28H37N3O2. The molecule has 2 aromatic carbocycles. The molecule has 1 amide bonds. The Morgan fingerprint density at radius 1 is 0.939 bits per heavy atom. The van der Waals surface area contributed by atoms with Gasteiger partial charge in [-0.25, -0.2) is 9.78 Å². The van der Waals surface area contributed by atoms with Crippen LogP contribution in [-0.2, 0) is 17.7 Å².